The molecule has 19 heavy (non-hydrogen) atoms. The van der Waals surface area contributed by atoms with Crippen molar-refractivity contribution in [3.8, 4) is 0 Å². The molecule has 1 N–H and O–H groups in total. The molecule has 102 valence electrons. The van der Waals surface area contributed by atoms with Crippen molar-refractivity contribution in [1.82, 2.24) is 4.90 Å². The van der Waals surface area contributed by atoms with Crippen LogP contribution in [0, 0.1) is 0 Å². The van der Waals surface area contributed by atoms with Crippen molar-refractivity contribution in [3.63, 3.8) is 0 Å². The van der Waals surface area contributed by atoms with Crippen LogP contribution >= 0.6 is 11.6 Å². The summed E-state index contributed by atoms with van der Waals surface area (Å²) in [5, 5.41) is 9.83. The van der Waals surface area contributed by atoms with E-state index in [0.29, 0.717) is 19.2 Å². The number of morpholine rings is 1. The van der Waals surface area contributed by atoms with E-state index in [9.17, 15) is 4.79 Å². The molecule has 2 aliphatic rings. The number of rotatable bonds is 2. The number of nitrogens with zero attached hydrogens (tertiary/aromatic N) is 1. The summed E-state index contributed by atoms with van der Waals surface area (Å²) >= 11 is 6.01. The molecular formula is C14H16ClNO3. The molecular weight excluding hydrogens is 266 g/mol. The highest BCUT2D eigenvalue weighted by atomic mass is 35.5. The Hall–Kier alpha value is -1.10. The largest absolute Gasteiger partial charge is 0.479 e. The highest BCUT2D eigenvalue weighted by Gasteiger charge is 2.34. The lowest BCUT2D eigenvalue weighted by Gasteiger charge is -2.35. The van der Waals surface area contributed by atoms with Gasteiger partial charge >= 0.3 is 5.97 Å². The van der Waals surface area contributed by atoms with Gasteiger partial charge in [0.2, 0.25) is 0 Å². The molecule has 2 atom stereocenters. The van der Waals surface area contributed by atoms with Crippen molar-refractivity contribution in [2.24, 2.45) is 0 Å². The molecule has 0 aromatic heterocycles. The van der Waals surface area contributed by atoms with Gasteiger partial charge in [0.05, 0.1) is 6.61 Å². The van der Waals surface area contributed by atoms with Gasteiger partial charge in [0.1, 0.15) is 0 Å². The average Bonchev–Trinajstić information content (AvgIpc) is 2.81. The quantitative estimate of drug-likeness (QED) is 0.902. The summed E-state index contributed by atoms with van der Waals surface area (Å²) in [6, 6.07) is 6.30. The van der Waals surface area contributed by atoms with Crippen LogP contribution in [0.3, 0.4) is 0 Å². The minimum absolute atomic E-state index is 0.304. The second kappa shape index (κ2) is 5.12. The molecule has 3 rings (SSSR count). The highest BCUT2D eigenvalue weighted by molar-refractivity contribution is 6.30. The van der Waals surface area contributed by atoms with E-state index in [1.165, 1.54) is 11.1 Å². The Morgan fingerprint density at radius 3 is 3.11 bits per heavy atom. The number of hydrogen-bond donors (Lipinski definition) is 1. The number of carboxylic acid groups (broad SMARTS) is 1. The highest BCUT2D eigenvalue weighted by Crippen LogP contribution is 2.37. The monoisotopic (exact) mass is 281 g/mol. The zero-order chi connectivity index (χ0) is 13.4. The van der Waals surface area contributed by atoms with Gasteiger partial charge in [-0.2, -0.15) is 0 Å². The molecule has 2 unspecified atom stereocenters. The van der Waals surface area contributed by atoms with Crippen LogP contribution < -0.4 is 0 Å². The topological polar surface area (TPSA) is 49.8 Å². The zero-order valence-electron chi connectivity index (χ0n) is 10.5. The van der Waals surface area contributed by atoms with Gasteiger partial charge < -0.3 is 9.84 Å². The average molecular weight is 282 g/mol. The lowest BCUT2D eigenvalue weighted by atomic mass is 10.1. The van der Waals surface area contributed by atoms with Crippen molar-refractivity contribution in [1.29, 1.82) is 0 Å². The Kier molecular flexibility index (Phi) is 3.48. The van der Waals surface area contributed by atoms with Gasteiger partial charge in [-0.25, -0.2) is 4.79 Å². The fraction of sp³-hybridized carbons (Fsp3) is 0.500. The van der Waals surface area contributed by atoms with Crippen LogP contribution in [-0.4, -0.2) is 41.8 Å². The van der Waals surface area contributed by atoms with E-state index in [4.69, 9.17) is 21.4 Å². The number of benzene rings is 1. The molecule has 4 nitrogen and oxygen atoms in total. The van der Waals surface area contributed by atoms with Crippen molar-refractivity contribution < 1.29 is 14.6 Å². The minimum Gasteiger partial charge on any atom is -0.479 e. The third-order valence-electron chi connectivity index (χ3n) is 3.97. The Morgan fingerprint density at radius 1 is 1.47 bits per heavy atom. The van der Waals surface area contributed by atoms with Gasteiger partial charge in [-0.3, -0.25) is 4.90 Å². The van der Waals surface area contributed by atoms with E-state index in [2.05, 4.69) is 11.0 Å². The van der Waals surface area contributed by atoms with Crippen LogP contribution in [0.15, 0.2) is 18.2 Å². The van der Waals surface area contributed by atoms with Gasteiger partial charge in [-0.1, -0.05) is 17.7 Å². The van der Waals surface area contributed by atoms with E-state index >= 15 is 0 Å². The third-order valence-corrected chi connectivity index (χ3v) is 4.20. The molecule has 1 aliphatic carbocycles. The Labute approximate surface area is 116 Å². The fourth-order valence-electron chi connectivity index (χ4n) is 3.04. The Bertz CT molecular complexity index is 505. The van der Waals surface area contributed by atoms with E-state index in [1.807, 2.05) is 12.1 Å². The molecule has 0 bridgehead atoms. The maximum Gasteiger partial charge on any atom is 0.334 e. The number of ether oxygens (including phenoxy) is 1. The van der Waals surface area contributed by atoms with Gasteiger partial charge in [0, 0.05) is 24.2 Å². The van der Waals surface area contributed by atoms with Crippen LogP contribution in [0.5, 0.6) is 0 Å². The van der Waals surface area contributed by atoms with E-state index in [0.717, 1.165) is 24.4 Å². The van der Waals surface area contributed by atoms with Crippen LogP contribution in [0.25, 0.3) is 0 Å². The maximum absolute atomic E-state index is 11.0. The first-order valence-corrected chi connectivity index (χ1v) is 6.90. The van der Waals surface area contributed by atoms with Crippen molar-refractivity contribution in [2.45, 2.75) is 25.0 Å². The van der Waals surface area contributed by atoms with Gasteiger partial charge in [-0.05, 0) is 36.1 Å². The summed E-state index contributed by atoms with van der Waals surface area (Å²) < 4.78 is 5.27. The number of carbonyl (C=O) groups is 1. The van der Waals surface area contributed by atoms with Crippen molar-refractivity contribution in [2.75, 3.05) is 19.7 Å². The molecule has 0 saturated carbocycles. The van der Waals surface area contributed by atoms with Crippen molar-refractivity contribution in [3.05, 3.63) is 34.3 Å². The van der Waals surface area contributed by atoms with Crippen LogP contribution in [0.4, 0.5) is 0 Å². The maximum atomic E-state index is 11.0. The number of hydrogen-bond acceptors (Lipinski definition) is 3. The summed E-state index contributed by atoms with van der Waals surface area (Å²) in [5.41, 5.74) is 2.58. The normalized spacial score (nSPS) is 27.2. The lowest BCUT2D eigenvalue weighted by molar-refractivity contribution is -0.157. The number of carboxylic acids is 1. The van der Waals surface area contributed by atoms with E-state index in [1.54, 1.807) is 0 Å². The second-order valence-corrected chi connectivity index (χ2v) is 5.53. The predicted octanol–water partition coefficient (Wildman–Crippen LogP) is 2.11. The summed E-state index contributed by atoms with van der Waals surface area (Å²) in [7, 11) is 0. The zero-order valence-corrected chi connectivity index (χ0v) is 11.3. The number of aliphatic carboxylic acids is 1. The SMILES string of the molecule is O=C(O)C1CN(C2CCc3cc(Cl)ccc32)CCO1. The summed E-state index contributed by atoms with van der Waals surface area (Å²) in [5.74, 6) is -0.876. The standard InChI is InChI=1S/C14H16ClNO3/c15-10-2-3-11-9(7-10)1-4-12(11)16-5-6-19-13(8-16)14(17)18/h2-3,7,12-13H,1,4-6,8H2,(H,17,18). The predicted molar refractivity (Wildman–Crippen MR) is 71.5 cm³/mol. The molecule has 5 heteroatoms. The first-order valence-electron chi connectivity index (χ1n) is 6.52. The van der Waals surface area contributed by atoms with Crippen molar-refractivity contribution >= 4 is 17.6 Å². The second-order valence-electron chi connectivity index (χ2n) is 5.09. The molecule has 1 heterocycles. The van der Waals surface area contributed by atoms with Crippen LogP contribution in [-0.2, 0) is 16.0 Å². The fourth-order valence-corrected chi connectivity index (χ4v) is 3.24. The number of halogens is 1. The summed E-state index contributed by atoms with van der Waals surface area (Å²) in [6.07, 6.45) is 1.34. The van der Waals surface area contributed by atoms with Gasteiger partial charge in [0.25, 0.3) is 0 Å². The van der Waals surface area contributed by atoms with E-state index in [-0.39, 0.29) is 0 Å². The molecule has 0 radical (unpaired) electrons. The molecule has 1 fully saturated rings. The van der Waals surface area contributed by atoms with Gasteiger partial charge in [-0.15, -0.1) is 0 Å². The summed E-state index contributed by atoms with van der Waals surface area (Å²) in [6.45, 7) is 1.73. The lowest BCUT2D eigenvalue weighted by Crippen LogP contribution is -2.47. The molecule has 0 amide bonds. The van der Waals surface area contributed by atoms with E-state index < -0.39 is 12.1 Å². The molecule has 1 aromatic carbocycles. The first-order chi connectivity index (χ1) is 9.15. The van der Waals surface area contributed by atoms with Gasteiger partial charge in [0.15, 0.2) is 6.10 Å². The van der Waals surface area contributed by atoms with Crippen LogP contribution in [0.2, 0.25) is 5.02 Å². The molecule has 1 aliphatic heterocycles. The number of fused-ring (bicyclic) bond motifs is 1. The first kappa shape index (κ1) is 12.9. The summed E-state index contributed by atoms with van der Waals surface area (Å²) in [4.78, 5) is 13.3. The molecule has 1 aromatic rings. The molecule has 1 saturated heterocycles. The number of aryl methyl sites for hydroxylation is 1. The third kappa shape index (κ3) is 2.48. The minimum atomic E-state index is -0.876. The molecule has 0 spiro atoms. The Balaban J connectivity index is 1.79. The smallest absolute Gasteiger partial charge is 0.334 e. The Morgan fingerprint density at radius 2 is 2.32 bits per heavy atom. The van der Waals surface area contributed by atoms with Crippen LogP contribution in [0.1, 0.15) is 23.6 Å².